The van der Waals surface area contributed by atoms with Crippen LogP contribution in [0.2, 0.25) is 0 Å². The van der Waals surface area contributed by atoms with E-state index in [0.29, 0.717) is 24.4 Å². The average molecular weight is 428 g/mol. The number of unbranched alkanes of at least 4 members (excludes halogenated alkanes) is 2. The Bertz CT molecular complexity index is 647. The van der Waals surface area contributed by atoms with E-state index in [4.69, 9.17) is 14.2 Å². The third kappa shape index (κ3) is 5.69. The second-order valence-corrected chi connectivity index (χ2v) is 8.72. The topological polar surface area (TPSA) is 30.9 Å². The molecule has 4 rings (SSSR count). The molecule has 0 aromatic heterocycles. The average Bonchev–Trinajstić information content (AvgIpc) is 3.35. The van der Waals surface area contributed by atoms with Crippen LogP contribution in [0.25, 0.3) is 0 Å². The fourth-order valence-electron chi connectivity index (χ4n) is 5.23. The van der Waals surface area contributed by atoms with Crippen LogP contribution in [0.1, 0.15) is 51.9 Å². The molecule has 1 aromatic carbocycles. The number of piperidine rings is 1. The van der Waals surface area contributed by atoms with Crippen LogP contribution >= 0.6 is 12.4 Å². The number of fused-ring (bicyclic) bond motifs is 1. The molecule has 6 heteroatoms. The van der Waals surface area contributed by atoms with Crippen molar-refractivity contribution in [3.8, 4) is 17.2 Å². The first-order valence-corrected chi connectivity index (χ1v) is 11.1. The predicted octanol–water partition coefficient (Wildman–Crippen LogP) is 5.48. The van der Waals surface area contributed by atoms with E-state index >= 15 is 0 Å². The Hall–Kier alpha value is -1.20. The smallest absolute Gasteiger partial charge is 0.231 e. The Kier molecular flexibility index (Phi) is 8.31. The van der Waals surface area contributed by atoms with Gasteiger partial charge in [0.2, 0.25) is 6.79 Å². The number of halogens is 2. The van der Waals surface area contributed by atoms with E-state index in [1.807, 2.05) is 18.2 Å². The summed E-state index contributed by atoms with van der Waals surface area (Å²) in [6, 6.07) is 5.79. The molecule has 0 N–H and O–H groups in total. The monoisotopic (exact) mass is 427 g/mol. The number of rotatable bonds is 8. The second-order valence-electron chi connectivity index (χ2n) is 8.72. The van der Waals surface area contributed by atoms with Gasteiger partial charge < -0.3 is 19.1 Å². The first kappa shape index (κ1) is 22.5. The van der Waals surface area contributed by atoms with Crippen molar-refractivity contribution in [2.75, 3.05) is 33.0 Å². The van der Waals surface area contributed by atoms with Crippen molar-refractivity contribution in [2.24, 2.45) is 17.8 Å². The maximum atomic E-state index is 13.8. The van der Waals surface area contributed by atoms with Gasteiger partial charge in [0.05, 0.1) is 6.61 Å². The molecule has 2 fully saturated rings. The van der Waals surface area contributed by atoms with Crippen molar-refractivity contribution in [1.82, 2.24) is 4.90 Å². The summed E-state index contributed by atoms with van der Waals surface area (Å²) < 4.78 is 30.9. The predicted molar refractivity (Wildman–Crippen MR) is 115 cm³/mol. The molecule has 0 amide bonds. The molecule has 1 aromatic rings. The van der Waals surface area contributed by atoms with Gasteiger partial charge in [0.25, 0.3) is 0 Å². The molecule has 0 bridgehead atoms. The van der Waals surface area contributed by atoms with Crippen molar-refractivity contribution < 1.29 is 18.6 Å². The van der Waals surface area contributed by atoms with Gasteiger partial charge in [-0.2, -0.15) is 0 Å². The third-order valence-electron chi connectivity index (χ3n) is 6.78. The van der Waals surface area contributed by atoms with Crippen molar-refractivity contribution in [1.29, 1.82) is 0 Å². The number of likely N-dealkylation sites (tertiary alicyclic amines) is 1. The van der Waals surface area contributed by atoms with Gasteiger partial charge in [-0.25, -0.2) is 4.39 Å². The molecule has 1 aliphatic carbocycles. The molecule has 2 unspecified atom stereocenters. The molecular weight excluding hydrogens is 393 g/mol. The van der Waals surface area contributed by atoms with Gasteiger partial charge in [0.1, 0.15) is 11.9 Å². The quantitative estimate of drug-likeness (QED) is 0.514. The summed E-state index contributed by atoms with van der Waals surface area (Å²) in [4.78, 5) is 2.60. The minimum absolute atomic E-state index is 0. The number of hydrogen-bond acceptors (Lipinski definition) is 4. The van der Waals surface area contributed by atoms with E-state index in [9.17, 15) is 4.39 Å². The number of hydrogen-bond donors (Lipinski definition) is 0. The summed E-state index contributed by atoms with van der Waals surface area (Å²) in [6.45, 7) is 6.64. The Morgan fingerprint density at radius 1 is 1.14 bits per heavy atom. The van der Waals surface area contributed by atoms with Gasteiger partial charge in [-0.05, 0) is 69.2 Å². The van der Waals surface area contributed by atoms with Crippen molar-refractivity contribution >= 4 is 12.4 Å². The standard InChI is InChI=1S/C23H34FNO3.ClH/c1-2-3-4-10-25-11-9-21(17-5-6-19(24)12-17)18(14-25)15-26-20-7-8-22-23(13-20)28-16-27-22;/h7-8,13,17-19,21H,2-6,9-12,14-16H2,1H3;1H/t17-,18?,19-,21?;/m0./s1. The Balaban J connectivity index is 0.00000240. The minimum atomic E-state index is -0.594. The largest absolute Gasteiger partial charge is 0.493 e. The van der Waals surface area contributed by atoms with Crippen molar-refractivity contribution in [3.63, 3.8) is 0 Å². The van der Waals surface area contributed by atoms with Crippen LogP contribution in [0.4, 0.5) is 4.39 Å². The maximum Gasteiger partial charge on any atom is 0.231 e. The van der Waals surface area contributed by atoms with Crippen LogP contribution in [-0.2, 0) is 0 Å². The van der Waals surface area contributed by atoms with Crippen LogP contribution in [0.15, 0.2) is 18.2 Å². The van der Waals surface area contributed by atoms with Gasteiger partial charge in [-0.1, -0.05) is 19.8 Å². The maximum absolute atomic E-state index is 13.8. The SMILES string of the molecule is CCCCCN1CCC([C@H]2CC[C@H](F)C2)C(COc2ccc3c(c2)OCO3)C1.Cl. The van der Waals surface area contributed by atoms with Crippen LogP contribution in [0, 0.1) is 17.8 Å². The highest BCUT2D eigenvalue weighted by atomic mass is 35.5. The normalized spacial score (nSPS) is 28.9. The molecule has 1 saturated carbocycles. The van der Waals surface area contributed by atoms with E-state index in [2.05, 4.69) is 11.8 Å². The van der Waals surface area contributed by atoms with Gasteiger partial charge in [-0.3, -0.25) is 0 Å². The lowest BCUT2D eigenvalue weighted by atomic mass is 9.76. The first-order valence-electron chi connectivity index (χ1n) is 11.1. The molecule has 2 heterocycles. The fraction of sp³-hybridized carbons (Fsp3) is 0.739. The highest BCUT2D eigenvalue weighted by Gasteiger charge is 2.38. The summed E-state index contributed by atoms with van der Waals surface area (Å²) in [5, 5.41) is 0. The summed E-state index contributed by atoms with van der Waals surface area (Å²) in [7, 11) is 0. The highest BCUT2D eigenvalue weighted by Crippen LogP contribution is 2.41. The van der Waals surface area contributed by atoms with Crippen LogP contribution in [0.5, 0.6) is 17.2 Å². The van der Waals surface area contributed by atoms with Gasteiger partial charge in [0, 0.05) is 18.5 Å². The molecule has 4 nitrogen and oxygen atoms in total. The molecular formula is C23H35ClFNO3. The Morgan fingerprint density at radius 3 is 2.79 bits per heavy atom. The Morgan fingerprint density at radius 2 is 2.00 bits per heavy atom. The number of ether oxygens (including phenoxy) is 3. The Labute approximate surface area is 180 Å². The second kappa shape index (κ2) is 10.7. The molecule has 29 heavy (non-hydrogen) atoms. The molecule has 3 aliphatic rings. The minimum Gasteiger partial charge on any atom is -0.493 e. The lowest BCUT2D eigenvalue weighted by Crippen LogP contribution is -2.45. The summed E-state index contributed by atoms with van der Waals surface area (Å²) >= 11 is 0. The summed E-state index contributed by atoms with van der Waals surface area (Å²) in [5.41, 5.74) is 0. The molecule has 164 valence electrons. The number of benzene rings is 1. The first-order chi connectivity index (χ1) is 13.7. The lowest BCUT2D eigenvalue weighted by molar-refractivity contribution is 0.0489. The zero-order valence-electron chi connectivity index (χ0n) is 17.5. The third-order valence-corrected chi connectivity index (χ3v) is 6.78. The molecule has 2 aliphatic heterocycles. The molecule has 0 radical (unpaired) electrons. The lowest BCUT2D eigenvalue weighted by Gasteiger charge is -2.41. The highest BCUT2D eigenvalue weighted by molar-refractivity contribution is 5.85. The zero-order valence-corrected chi connectivity index (χ0v) is 18.3. The summed E-state index contributed by atoms with van der Waals surface area (Å²) in [6.07, 6.45) is 6.95. The van der Waals surface area contributed by atoms with Crippen molar-refractivity contribution in [3.05, 3.63) is 18.2 Å². The van der Waals surface area contributed by atoms with E-state index in [1.54, 1.807) is 0 Å². The number of alkyl halides is 1. The van der Waals surface area contributed by atoms with Crippen LogP contribution < -0.4 is 14.2 Å². The zero-order chi connectivity index (χ0) is 19.3. The van der Waals surface area contributed by atoms with Gasteiger partial charge >= 0.3 is 0 Å². The van der Waals surface area contributed by atoms with E-state index < -0.39 is 6.17 Å². The van der Waals surface area contributed by atoms with E-state index in [1.165, 1.54) is 32.2 Å². The molecule has 0 spiro atoms. The fourth-order valence-corrected chi connectivity index (χ4v) is 5.23. The summed E-state index contributed by atoms with van der Waals surface area (Å²) in [5.74, 6) is 3.95. The molecule has 4 atom stereocenters. The van der Waals surface area contributed by atoms with Gasteiger partial charge in [-0.15, -0.1) is 12.4 Å². The van der Waals surface area contributed by atoms with Crippen molar-refractivity contribution in [2.45, 2.75) is 58.0 Å². The number of nitrogens with zero attached hydrogens (tertiary/aromatic N) is 1. The van der Waals surface area contributed by atoms with Crippen LogP contribution in [0.3, 0.4) is 0 Å². The van der Waals surface area contributed by atoms with Crippen LogP contribution in [-0.4, -0.2) is 44.1 Å². The molecule has 1 saturated heterocycles. The van der Waals surface area contributed by atoms with E-state index in [-0.39, 0.29) is 19.2 Å². The van der Waals surface area contributed by atoms with Gasteiger partial charge in [0.15, 0.2) is 11.5 Å². The van der Waals surface area contributed by atoms with E-state index in [0.717, 1.165) is 49.6 Å².